The topological polar surface area (TPSA) is 47.6 Å². The predicted molar refractivity (Wildman–Crippen MR) is 95.6 cm³/mol. The Balaban J connectivity index is 1.80. The summed E-state index contributed by atoms with van der Waals surface area (Å²) in [4.78, 5) is 11.9. The summed E-state index contributed by atoms with van der Waals surface area (Å²) in [5.41, 5.74) is -1.28. The van der Waals surface area contributed by atoms with E-state index in [1.165, 1.54) is 0 Å². The van der Waals surface area contributed by atoms with Crippen LogP contribution < -0.4 is 14.8 Å². The zero-order valence-corrected chi connectivity index (χ0v) is 15.3. The summed E-state index contributed by atoms with van der Waals surface area (Å²) >= 11 is 0. The number of amides is 1. The number of nitrogens with one attached hydrogen (secondary N) is 1. The molecule has 0 atom stereocenters. The van der Waals surface area contributed by atoms with Crippen molar-refractivity contribution < 1.29 is 31.8 Å². The molecule has 0 aliphatic rings. The molecule has 28 heavy (non-hydrogen) atoms. The van der Waals surface area contributed by atoms with Crippen molar-refractivity contribution in [1.82, 2.24) is 5.32 Å². The number of carbonyl (C=O) groups is 1. The van der Waals surface area contributed by atoms with E-state index < -0.39 is 23.5 Å². The number of hydrogen-bond acceptors (Lipinski definition) is 3. The van der Waals surface area contributed by atoms with Crippen LogP contribution in [0.1, 0.15) is 30.9 Å². The van der Waals surface area contributed by atoms with Crippen LogP contribution in [0.15, 0.2) is 42.5 Å². The highest BCUT2D eigenvalue weighted by molar-refractivity contribution is 5.75. The highest BCUT2D eigenvalue weighted by Gasteiger charge is 2.33. The molecule has 152 valence electrons. The van der Waals surface area contributed by atoms with Crippen LogP contribution in [0, 0.1) is 5.82 Å². The van der Waals surface area contributed by atoms with Gasteiger partial charge in [-0.05, 0) is 43.2 Å². The van der Waals surface area contributed by atoms with Crippen LogP contribution in [0.4, 0.5) is 17.6 Å². The molecule has 8 heteroatoms. The van der Waals surface area contributed by atoms with Crippen molar-refractivity contribution in [2.24, 2.45) is 0 Å². The Morgan fingerprint density at radius 2 is 1.75 bits per heavy atom. The Hall–Kier alpha value is -2.77. The van der Waals surface area contributed by atoms with E-state index in [9.17, 15) is 22.4 Å². The number of hydrogen-bond donors (Lipinski definition) is 1. The van der Waals surface area contributed by atoms with E-state index in [1.54, 1.807) is 18.2 Å². The Labute approximate surface area is 160 Å². The van der Waals surface area contributed by atoms with E-state index in [-0.39, 0.29) is 25.1 Å². The van der Waals surface area contributed by atoms with Gasteiger partial charge in [-0.3, -0.25) is 4.79 Å². The van der Waals surface area contributed by atoms with Gasteiger partial charge in [-0.25, -0.2) is 4.39 Å². The minimum absolute atomic E-state index is 0.0827. The van der Waals surface area contributed by atoms with E-state index in [0.717, 1.165) is 12.1 Å². The molecule has 1 N–H and O–H groups in total. The molecule has 0 fully saturated rings. The maximum absolute atomic E-state index is 13.1. The van der Waals surface area contributed by atoms with Gasteiger partial charge in [0.25, 0.3) is 0 Å². The highest BCUT2D eigenvalue weighted by atomic mass is 19.4. The fourth-order valence-corrected chi connectivity index (χ4v) is 2.51. The Morgan fingerprint density at radius 3 is 2.39 bits per heavy atom. The number of ether oxygens (including phenoxy) is 2. The van der Waals surface area contributed by atoms with Crippen molar-refractivity contribution in [2.75, 3.05) is 13.2 Å². The molecule has 0 saturated carbocycles. The van der Waals surface area contributed by atoms with Crippen molar-refractivity contribution in [1.29, 1.82) is 0 Å². The first-order valence-electron chi connectivity index (χ1n) is 8.78. The number of carbonyl (C=O) groups excluding carboxylic acids is 1. The van der Waals surface area contributed by atoms with E-state index in [0.29, 0.717) is 30.6 Å². The van der Waals surface area contributed by atoms with Gasteiger partial charge in [0.05, 0.1) is 18.8 Å². The minimum Gasteiger partial charge on any atom is -0.490 e. The van der Waals surface area contributed by atoms with Gasteiger partial charge in [-0.15, -0.1) is 0 Å². The van der Waals surface area contributed by atoms with E-state index >= 15 is 0 Å². The second kappa shape index (κ2) is 9.96. The average molecular weight is 399 g/mol. The largest absolute Gasteiger partial charge is 0.490 e. The molecule has 0 radical (unpaired) electrons. The third kappa shape index (κ3) is 6.44. The number of alkyl halides is 3. The van der Waals surface area contributed by atoms with Crippen LogP contribution in [0.25, 0.3) is 0 Å². The predicted octanol–water partition coefficient (Wildman–Crippen LogP) is 4.72. The molecule has 4 nitrogen and oxygen atoms in total. The summed E-state index contributed by atoms with van der Waals surface area (Å²) in [5, 5.41) is 2.42. The smallest absolute Gasteiger partial charge is 0.416 e. The highest BCUT2D eigenvalue weighted by Crippen LogP contribution is 2.32. The van der Waals surface area contributed by atoms with Crippen LogP contribution in [-0.2, 0) is 17.5 Å². The molecular formula is C20H21F4NO3. The van der Waals surface area contributed by atoms with Crippen molar-refractivity contribution >= 4 is 5.91 Å². The van der Waals surface area contributed by atoms with Crippen molar-refractivity contribution in [3.05, 3.63) is 59.4 Å². The summed E-state index contributed by atoms with van der Waals surface area (Å²) in [5.74, 6) is -0.234. The third-order valence-electron chi connectivity index (χ3n) is 3.81. The second-order valence-corrected chi connectivity index (χ2v) is 5.91. The molecule has 0 heterocycles. The lowest BCUT2D eigenvalue weighted by Gasteiger charge is -2.14. The summed E-state index contributed by atoms with van der Waals surface area (Å²) in [7, 11) is 0. The van der Waals surface area contributed by atoms with Crippen LogP contribution in [0.2, 0.25) is 0 Å². The number of para-hydroxylation sites is 2. The van der Waals surface area contributed by atoms with Gasteiger partial charge in [-0.1, -0.05) is 18.2 Å². The quantitative estimate of drug-likeness (QED) is 0.490. The number of benzene rings is 2. The molecule has 0 saturated heterocycles. The SMILES string of the molecule is CCOc1ccccc1OCCCC(=O)NCc1ccc(F)cc1C(F)(F)F. The van der Waals surface area contributed by atoms with E-state index in [2.05, 4.69) is 5.32 Å². The van der Waals surface area contributed by atoms with Crippen molar-refractivity contribution in [3.63, 3.8) is 0 Å². The van der Waals surface area contributed by atoms with Gasteiger partial charge in [0.1, 0.15) is 5.82 Å². The summed E-state index contributed by atoms with van der Waals surface area (Å²) in [6.07, 6.45) is -4.23. The average Bonchev–Trinajstić information content (AvgIpc) is 2.65. The molecule has 0 bridgehead atoms. The van der Waals surface area contributed by atoms with Gasteiger partial charge >= 0.3 is 6.18 Å². The Morgan fingerprint density at radius 1 is 1.07 bits per heavy atom. The van der Waals surface area contributed by atoms with Crippen LogP contribution in [0.3, 0.4) is 0 Å². The Bertz CT molecular complexity index is 793. The molecule has 0 aromatic heterocycles. The molecule has 2 aromatic carbocycles. The second-order valence-electron chi connectivity index (χ2n) is 5.91. The van der Waals surface area contributed by atoms with Gasteiger partial charge in [-0.2, -0.15) is 13.2 Å². The molecular weight excluding hydrogens is 378 g/mol. The van der Waals surface area contributed by atoms with Gasteiger partial charge in [0.15, 0.2) is 11.5 Å². The van der Waals surface area contributed by atoms with Crippen LogP contribution >= 0.6 is 0 Å². The molecule has 2 aromatic rings. The molecule has 1 amide bonds. The first-order chi connectivity index (χ1) is 13.3. The maximum Gasteiger partial charge on any atom is 0.416 e. The fraction of sp³-hybridized carbons (Fsp3) is 0.350. The molecule has 0 spiro atoms. The van der Waals surface area contributed by atoms with Gasteiger partial charge in [0, 0.05) is 13.0 Å². The first-order valence-corrected chi connectivity index (χ1v) is 8.78. The zero-order valence-electron chi connectivity index (χ0n) is 15.3. The maximum atomic E-state index is 13.1. The molecule has 0 unspecified atom stereocenters. The number of halogens is 4. The van der Waals surface area contributed by atoms with Crippen molar-refractivity contribution in [2.45, 2.75) is 32.5 Å². The zero-order chi connectivity index (χ0) is 20.6. The summed E-state index contributed by atoms with van der Waals surface area (Å²) in [6, 6.07) is 9.50. The first kappa shape index (κ1) is 21.5. The van der Waals surface area contributed by atoms with Crippen molar-refractivity contribution in [3.8, 4) is 11.5 Å². The lowest BCUT2D eigenvalue weighted by Crippen LogP contribution is -2.24. The van der Waals surface area contributed by atoms with Gasteiger partial charge < -0.3 is 14.8 Å². The van der Waals surface area contributed by atoms with Crippen LogP contribution in [0.5, 0.6) is 11.5 Å². The summed E-state index contributed by atoms with van der Waals surface area (Å²) < 4.78 is 62.9. The molecule has 0 aliphatic heterocycles. The van der Waals surface area contributed by atoms with Crippen LogP contribution in [-0.4, -0.2) is 19.1 Å². The Kier molecular flexibility index (Phi) is 7.66. The minimum atomic E-state index is -4.69. The normalized spacial score (nSPS) is 11.2. The monoisotopic (exact) mass is 399 g/mol. The molecule has 0 aliphatic carbocycles. The molecule has 2 rings (SSSR count). The fourth-order valence-electron chi connectivity index (χ4n) is 2.51. The van der Waals surface area contributed by atoms with E-state index in [1.807, 2.05) is 13.0 Å². The number of rotatable bonds is 9. The summed E-state index contributed by atoms with van der Waals surface area (Å²) in [6.45, 7) is 2.27. The standard InChI is InChI=1S/C20H21F4NO3/c1-2-27-17-6-3-4-7-18(17)28-11-5-8-19(26)25-13-14-9-10-15(21)12-16(14)20(22,23)24/h3-4,6-7,9-10,12H,2,5,8,11,13H2,1H3,(H,25,26). The lowest BCUT2D eigenvalue weighted by atomic mass is 10.1. The lowest BCUT2D eigenvalue weighted by molar-refractivity contribution is -0.138. The van der Waals surface area contributed by atoms with Gasteiger partial charge in [0.2, 0.25) is 5.91 Å². The van der Waals surface area contributed by atoms with E-state index in [4.69, 9.17) is 9.47 Å². The third-order valence-corrected chi connectivity index (χ3v) is 3.81.